The normalized spacial score (nSPS) is 20.9. The number of nitrogens with zero attached hydrogens (tertiary/aromatic N) is 5. The summed E-state index contributed by atoms with van der Waals surface area (Å²) in [4.78, 5) is 61.7. The summed E-state index contributed by atoms with van der Waals surface area (Å²) in [6.45, 7) is 12.7. The van der Waals surface area contributed by atoms with Crippen molar-refractivity contribution in [3.8, 4) is 39.5 Å². The minimum absolute atomic E-state index is 0.164. The van der Waals surface area contributed by atoms with Crippen molar-refractivity contribution >= 4 is 40.3 Å². The number of likely N-dealkylation sites (tertiary alicyclic amines) is 2. The molecule has 0 spiro atoms. The third kappa shape index (κ3) is 8.11. The van der Waals surface area contributed by atoms with E-state index in [9.17, 15) is 14.4 Å². The molecule has 1 saturated carbocycles. The van der Waals surface area contributed by atoms with Gasteiger partial charge in [0.15, 0.2) is 0 Å². The molecule has 4 aliphatic rings. The smallest absolute Gasteiger partial charge is 0.410 e. The number of aromatic nitrogens is 5. The highest BCUT2D eigenvalue weighted by atomic mass is 32.1. The van der Waals surface area contributed by atoms with E-state index in [1.54, 1.807) is 27.3 Å². The molecule has 346 valence electrons. The predicted molar refractivity (Wildman–Crippen MR) is 249 cm³/mol. The van der Waals surface area contributed by atoms with Crippen molar-refractivity contribution in [1.29, 1.82) is 0 Å². The van der Waals surface area contributed by atoms with E-state index in [0.717, 1.165) is 52.1 Å². The minimum Gasteiger partial charge on any atom is -0.464 e. The monoisotopic (exact) mass is 916 g/mol. The standard InChI is InChI=1S/C50H57FN8O6S/c1-8-27-18-38(58(25-27)49(62)65-50(4,5)6)45-53-23-33(54-45)29-13-14-35-31(19-29)21-37-42-32(51)20-30(22-39(42)64-47(59(35)37)41-16-15-40(66-41)28-11-12-28)34-24-52-44(55-34)36-10-9-17-57(36)46(60)43(26(2)3)56-48(61)63-7/h13-16,19-24,26-28,36,38,43,47H,8-12,17-18,25H2,1-7H3,(H,52,55)(H,53,54)(H,56,61). The molecule has 6 aromatic rings. The molecule has 14 nitrogen and oxygen atoms in total. The number of fused-ring (bicyclic) bond motifs is 5. The van der Waals surface area contributed by atoms with Gasteiger partial charge >= 0.3 is 12.2 Å². The van der Waals surface area contributed by atoms with E-state index < -0.39 is 29.8 Å². The molecule has 3 N–H and O–H groups in total. The zero-order valence-corrected chi connectivity index (χ0v) is 39.3. The van der Waals surface area contributed by atoms with Crippen LogP contribution in [-0.2, 0) is 14.3 Å². The molecule has 5 unspecified atom stereocenters. The maximum absolute atomic E-state index is 16.9. The Morgan fingerprint density at radius 1 is 0.939 bits per heavy atom. The fraction of sp³-hybridized carbons (Fsp3) is 0.460. The average Bonchev–Trinajstić information content (AvgIpc) is 3.99. The summed E-state index contributed by atoms with van der Waals surface area (Å²) in [5.41, 5.74) is 4.27. The van der Waals surface area contributed by atoms with E-state index in [0.29, 0.717) is 65.4 Å². The van der Waals surface area contributed by atoms with Crippen molar-refractivity contribution in [2.75, 3.05) is 20.2 Å². The highest BCUT2D eigenvalue weighted by Gasteiger charge is 2.41. The molecule has 2 saturated heterocycles. The summed E-state index contributed by atoms with van der Waals surface area (Å²) in [7, 11) is 1.28. The number of nitrogens with one attached hydrogen (secondary N) is 3. The number of amides is 3. The number of thiophene rings is 1. The summed E-state index contributed by atoms with van der Waals surface area (Å²) in [5.74, 6) is 1.84. The fourth-order valence-corrected chi connectivity index (χ4v) is 11.1. The molecule has 2 aromatic carbocycles. The van der Waals surface area contributed by atoms with Gasteiger partial charge in [0.25, 0.3) is 0 Å². The highest BCUT2D eigenvalue weighted by Crippen LogP contribution is 2.50. The van der Waals surface area contributed by atoms with Gasteiger partial charge in [-0.2, -0.15) is 0 Å². The van der Waals surface area contributed by atoms with Crippen molar-refractivity contribution in [2.24, 2.45) is 11.8 Å². The summed E-state index contributed by atoms with van der Waals surface area (Å²) in [6.07, 6.45) is 7.53. The van der Waals surface area contributed by atoms with Gasteiger partial charge in [-0.1, -0.05) is 33.3 Å². The van der Waals surface area contributed by atoms with Crippen molar-refractivity contribution < 1.29 is 33.0 Å². The van der Waals surface area contributed by atoms with Crippen LogP contribution in [0.15, 0.2) is 60.9 Å². The van der Waals surface area contributed by atoms with Gasteiger partial charge in [0.1, 0.15) is 34.9 Å². The van der Waals surface area contributed by atoms with Gasteiger partial charge in [-0.25, -0.2) is 23.9 Å². The van der Waals surface area contributed by atoms with Crippen LogP contribution in [0, 0.1) is 17.7 Å². The molecule has 5 atom stereocenters. The molecule has 4 aromatic heterocycles. The van der Waals surface area contributed by atoms with Crippen molar-refractivity contribution in [1.82, 2.24) is 39.6 Å². The molecule has 7 heterocycles. The number of aromatic amines is 2. The molecular weight excluding hydrogens is 860 g/mol. The van der Waals surface area contributed by atoms with E-state index in [2.05, 4.69) is 51.0 Å². The third-order valence-electron chi connectivity index (χ3n) is 13.5. The number of hydrogen-bond acceptors (Lipinski definition) is 9. The molecule has 0 radical (unpaired) electrons. The van der Waals surface area contributed by atoms with Crippen LogP contribution in [0.5, 0.6) is 5.75 Å². The van der Waals surface area contributed by atoms with E-state index >= 15 is 4.39 Å². The van der Waals surface area contributed by atoms with E-state index in [1.165, 1.54) is 30.9 Å². The Morgan fingerprint density at radius 3 is 2.36 bits per heavy atom. The first-order valence-electron chi connectivity index (χ1n) is 23.2. The number of H-pyrrole nitrogens is 2. The van der Waals surface area contributed by atoms with Crippen LogP contribution < -0.4 is 10.1 Å². The van der Waals surface area contributed by atoms with Crippen LogP contribution in [-0.4, -0.2) is 84.2 Å². The topological polar surface area (TPSA) is 160 Å². The van der Waals surface area contributed by atoms with Crippen LogP contribution in [0.2, 0.25) is 0 Å². The molecule has 3 aliphatic heterocycles. The number of methoxy groups -OCH3 is 1. The maximum atomic E-state index is 16.9. The first-order valence-corrected chi connectivity index (χ1v) is 24.0. The number of imidazole rings is 2. The van der Waals surface area contributed by atoms with Crippen LogP contribution in [0.3, 0.4) is 0 Å². The number of carbonyl (C=O) groups is 3. The van der Waals surface area contributed by atoms with Crippen molar-refractivity contribution in [3.63, 3.8) is 0 Å². The summed E-state index contributed by atoms with van der Waals surface area (Å²) in [5, 5.41) is 3.61. The van der Waals surface area contributed by atoms with Crippen LogP contribution in [0.4, 0.5) is 14.0 Å². The molecule has 3 amide bonds. The van der Waals surface area contributed by atoms with E-state index in [-0.39, 0.29) is 30.0 Å². The van der Waals surface area contributed by atoms with Gasteiger partial charge in [-0.15, -0.1) is 11.3 Å². The molecule has 10 rings (SSSR count). The number of halogens is 1. The molecule has 66 heavy (non-hydrogen) atoms. The molecular formula is C50H57FN8O6S. The lowest BCUT2D eigenvalue weighted by Crippen LogP contribution is -2.51. The second-order valence-corrected chi connectivity index (χ2v) is 20.7. The Morgan fingerprint density at radius 2 is 1.67 bits per heavy atom. The Hall–Kier alpha value is -6.16. The minimum atomic E-state index is -0.759. The first kappa shape index (κ1) is 43.7. The van der Waals surface area contributed by atoms with Crippen LogP contribution in [0.25, 0.3) is 44.7 Å². The van der Waals surface area contributed by atoms with Crippen molar-refractivity contribution in [3.05, 3.63) is 88.1 Å². The van der Waals surface area contributed by atoms with Crippen LogP contribution in [0.1, 0.15) is 126 Å². The number of alkyl carbamates (subject to hydrolysis) is 1. The van der Waals surface area contributed by atoms with E-state index in [1.807, 2.05) is 59.0 Å². The summed E-state index contributed by atoms with van der Waals surface area (Å²) >= 11 is 1.75. The lowest BCUT2D eigenvalue weighted by atomic mass is 10.0. The zero-order chi connectivity index (χ0) is 46.2. The number of benzene rings is 2. The van der Waals surface area contributed by atoms with Crippen LogP contribution >= 0.6 is 11.3 Å². The molecule has 16 heteroatoms. The predicted octanol–water partition coefficient (Wildman–Crippen LogP) is 10.9. The lowest BCUT2D eigenvalue weighted by molar-refractivity contribution is -0.135. The second kappa shape index (κ2) is 16.9. The first-order chi connectivity index (χ1) is 31.7. The quantitative estimate of drug-likeness (QED) is 0.122. The number of carbonyl (C=O) groups excluding carboxylic acids is 3. The number of hydrogen-bond donors (Lipinski definition) is 3. The van der Waals surface area contributed by atoms with Gasteiger partial charge in [-0.05, 0) is 113 Å². The molecule has 3 fully saturated rings. The number of rotatable bonds is 10. The van der Waals surface area contributed by atoms with Crippen molar-refractivity contribution in [2.45, 2.75) is 116 Å². The average molecular weight is 917 g/mol. The largest absolute Gasteiger partial charge is 0.464 e. The van der Waals surface area contributed by atoms with Gasteiger partial charge in [0.05, 0.1) is 64.6 Å². The highest BCUT2D eigenvalue weighted by molar-refractivity contribution is 7.12. The number of ether oxygens (including phenoxy) is 3. The third-order valence-corrected chi connectivity index (χ3v) is 14.7. The van der Waals surface area contributed by atoms with Gasteiger partial charge in [0.2, 0.25) is 12.1 Å². The SMILES string of the molecule is CCC1CC(c2ncc(-c3ccc4c(c3)cc3n4C(c4ccc(C5CC5)s4)Oc4cc(-c5cnc(C6CCCN6C(=O)C(NC(=O)OC)C(C)C)[nH]5)cc(F)c4-3)[nH]2)N(C(=O)OC(C)(C)C)C1. The molecule has 0 bridgehead atoms. The summed E-state index contributed by atoms with van der Waals surface area (Å²) in [6, 6.07) is 14.6. The Kier molecular flexibility index (Phi) is 11.2. The summed E-state index contributed by atoms with van der Waals surface area (Å²) < 4.78 is 36.5. The Labute approximate surface area is 387 Å². The fourth-order valence-electron chi connectivity index (χ4n) is 9.87. The van der Waals surface area contributed by atoms with E-state index in [4.69, 9.17) is 24.2 Å². The Bertz CT molecular complexity index is 2830. The Balaban J connectivity index is 0.978. The second-order valence-electron chi connectivity index (χ2n) is 19.6. The lowest BCUT2D eigenvalue weighted by Gasteiger charge is -2.30. The van der Waals surface area contributed by atoms with Gasteiger partial charge < -0.3 is 34.4 Å². The van der Waals surface area contributed by atoms with Gasteiger partial charge in [0, 0.05) is 34.5 Å². The van der Waals surface area contributed by atoms with Gasteiger partial charge in [-0.3, -0.25) is 14.3 Å². The molecule has 1 aliphatic carbocycles. The maximum Gasteiger partial charge on any atom is 0.410 e. The zero-order valence-electron chi connectivity index (χ0n) is 38.4.